The van der Waals surface area contributed by atoms with E-state index >= 15 is 0 Å². The van der Waals surface area contributed by atoms with Crippen LogP contribution >= 0.6 is 0 Å². The Kier molecular flexibility index (Phi) is 3.66. The molecule has 0 aromatic carbocycles. The van der Waals surface area contributed by atoms with Gasteiger partial charge in [0.25, 0.3) is 0 Å². The van der Waals surface area contributed by atoms with Gasteiger partial charge in [0.15, 0.2) is 0 Å². The Labute approximate surface area is 71.8 Å². The van der Waals surface area contributed by atoms with Crippen molar-refractivity contribution in [1.82, 2.24) is 4.72 Å². The van der Waals surface area contributed by atoms with Gasteiger partial charge in [-0.25, -0.2) is 13.1 Å². The van der Waals surface area contributed by atoms with Gasteiger partial charge in [0.05, 0.1) is 6.26 Å². The summed E-state index contributed by atoms with van der Waals surface area (Å²) in [6.07, 6.45) is 0.936. The van der Waals surface area contributed by atoms with Crippen LogP contribution in [0.2, 0.25) is 0 Å². The van der Waals surface area contributed by atoms with E-state index in [0.717, 1.165) is 6.26 Å². The predicted octanol–water partition coefficient (Wildman–Crippen LogP) is -0.355. The molecule has 1 unspecified atom stereocenters. The second kappa shape index (κ2) is 3.86. The fraction of sp³-hybridized carbons (Fsp3) is 0.833. The highest BCUT2D eigenvalue weighted by Crippen LogP contribution is 2.02. The zero-order valence-corrected chi connectivity index (χ0v) is 8.05. The van der Waals surface area contributed by atoms with Crippen LogP contribution in [0.25, 0.3) is 0 Å². The quantitative estimate of drug-likeness (QED) is 0.642. The largest absolute Gasteiger partial charge is 0.480 e. The van der Waals surface area contributed by atoms with Crippen molar-refractivity contribution in [2.75, 3.05) is 6.26 Å². The lowest BCUT2D eigenvalue weighted by Crippen LogP contribution is -2.43. The van der Waals surface area contributed by atoms with Crippen LogP contribution in [0.3, 0.4) is 0 Å². The van der Waals surface area contributed by atoms with Gasteiger partial charge in [0.2, 0.25) is 10.0 Å². The average Bonchev–Trinajstić information content (AvgIpc) is 1.79. The number of hydrogen-bond acceptors (Lipinski definition) is 3. The zero-order valence-electron chi connectivity index (χ0n) is 7.23. The van der Waals surface area contributed by atoms with Crippen molar-refractivity contribution in [3.05, 3.63) is 0 Å². The van der Waals surface area contributed by atoms with E-state index in [1.807, 2.05) is 4.72 Å². The van der Waals surface area contributed by atoms with E-state index in [-0.39, 0.29) is 5.92 Å². The van der Waals surface area contributed by atoms with Crippen LogP contribution in [0.5, 0.6) is 0 Å². The molecule has 12 heavy (non-hydrogen) atoms. The zero-order chi connectivity index (χ0) is 9.94. The summed E-state index contributed by atoms with van der Waals surface area (Å²) in [6.45, 7) is 3.27. The minimum atomic E-state index is -3.44. The van der Waals surface area contributed by atoms with Crippen LogP contribution in [-0.2, 0) is 14.8 Å². The minimum absolute atomic E-state index is 0.266. The van der Waals surface area contributed by atoms with Crippen LogP contribution in [0, 0.1) is 5.92 Å². The molecule has 6 heteroatoms. The molecular weight excluding hydrogens is 182 g/mol. The van der Waals surface area contributed by atoms with Crippen molar-refractivity contribution < 1.29 is 18.3 Å². The molecule has 0 aliphatic carbocycles. The summed E-state index contributed by atoms with van der Waals surface area (Å²) in [6, 6.07) is -1.04. The average molecular weight is 195 g/mol. The highest BCUT2D eigenvalue weighted by atomic mass is 32.2. The van der Waals surface area contributed by atoms with Crippen molar-refractivity contribution in [2.45, 2.75) is 19.9 Å². The molecule has 0 fully saturated rings. The number of aliphatic carboxylic acids is 1. The fourth-order valence-electron chi connectivity index (χ4n) is 0.702. The summed E-state index contributed by atoms with van der Waals surface area (Å²) < 4.78 is 23.4. The molecule has 0 saturated heterocycles. The Bertz CT molecular complexity index is 257. The molecule has 0 aromatic heterocycles. The summed E-state index contributed by atoms with van der Waals surface area (Å²) in [7, 11) is -3.44. The third kappa shape index (κ3) is 4.30. The van der Waals surface area contributed by atoms with Gasteiger partial charge in [0, 0.05) is 0 Å². The number of rotatable bonds is 4. The van der Waals surface area contributed by atoms with Gasteiger partial charge in [-0.05, 0) is 5.92 Å². The van der Waals surface area contributed by atoms with Crippen molar-refractivity contribution in [2.24, 2.45) is 5.92 Å². The van der Waals surface area contributed by atoms with Crippen LogP contribution in [0.4, 0.5) is 0 Å². The van der Waals surface area contributed by atoms with Crippen molar-refractivity contribution in [3.63, 3.8) is 0 Å². The smallest absolute Gasteiger partial charge is 0.321 e. The number of carboxylic acids is 1. The molecule has 0 radical (unpaired) electrons. The van der Waals surface area contributed by atoms with Gasteiger partial charge in [0.1, 0.15) is 6.04 Å². The van der Waals surface area contributed by atoms with Gasteiger partial charge in [-0.15, -0.1) is 0 Å². The van der Waals surface area contributed by atoms with E-state index in [1.54, 1.807) is 13.8 Å². The third-order valence-electron chi connectivity index (χ3n) is 1.27. The molecule has 1 atom stereocenters. The second-order valence-corrected chi connectivity index (χ2v) is 4.73. The van der Waals surface area contributed by atoms with Crippen molar-refractivity contribution >= 4 is 16.0 Å². The van der Waals surface area contributed by atoms with Crippen molar-refractivity contribution in [1.29, 1.82) is 0 Å². The van der Waals surface area contributed by atoms with Gasteiger partial charge < -0.3 is 5.11 Å². The minimum Gasteiger partial charge on any atom is -0.480 e. The summed E-state index contributed by atoms with van der Waals surface area (Å²) in [5.74, 6) is -1.42. The Morgan fingerprint density at radius 1 is 1.42 bits per heavy atom. The standard InChI is InChI=1S/C6H13NO4S/c1-4(2)5(6(8)9)7-12(3,10)11/h4-5,7H,1-3H3,(H,8,9). The third-order valence-corrected chi connectivity index (χ3v) is 1.96. The summed E-state index contributed by atoms with van der Waals surface area (Å²) >= 11 is 0. The maximum absolute atomic E-state index is 10.7. The summed E-state index contributed by atoms with van der Waals surface area (Å²) in [5.41, 5.74) is 0. The first kappa shape index (κ1) is 11.4. The van der Waals surface area contributed by atoms with Gasteiger partial charge >= 0.3 is 5.97 Å². The molecule has 0 rings (SSSR count). The number of hydrogen-bond donors (Lipinski definition) is 2. The Morgan fingerprint density at radius 3 is 1.92 bits per heavy atom. The van der Waals surface area contributed by atoms with E-state index in [9.17, 15) is 13.2 Å². The monoisotopic (exact) mass is 195 g/mol. The number of carbonyl (C=O) groups is 1. The molecule has 0 aliphatic rings. The summed E-state index contributed by atoms with van der Waals surface area (Å²) in [5, 5.41) is 8.58. The van der Waals surface area contributed by atoms with E-state index in [4.69, 9.17) is 5.11 Å². The van der Waals surface area contributed by atoms with Gasteiger partial charge in [-0.2, -0.15) is 0 Å². The van der Waals surface area contributed by atoms with E-state index in [1.165, 1.54) is 0 Å². The van der Waals surface area contributed by atoms with Crippen LogP contribution in [0.1, 0.15) is 13.8 Å². The molecule has 2 N–H and O–H groups in total. The second-order valence-electron chi connectivity index (χ2n) is 2.95. The normalized spacial score (nSPS) is 14.7. The Balaban J connectivity index is 4.46. The number of nitrogens with one attached hydrogen (secondary N) is 1. The highest BCUT2D eigenvalue weighted by molar-refractivity contribution is 7.88. The molecule has 5 nitrogen and oxygen atoms in total. The molecule has 0 spiro atoms. The highest BCUT2D eigenvalue weighted by Gasteiger charge is 2.24. The number of carboxylic acid groups (broad SMARTS) is 1. The lowest BCUT2D eigenvalue weighted by atomic mass is 10.1. The maximum Gasteiger partial charge on any atom is 0.321 e. The van der Waals surface area contributed by atoms with Crippen LogP contribution in [-0.4, -0.2) is 31.8 Å². The maximum atomic E-state index is 10.7. The molecule has 0 aromatic rings. The van der Waals surface area contributed by atoms with Crippen LogP contribution < -0.4 is 4.72 Å². The number of sulfonamides is 1. The van der Waals surface area contributed by atoms with E-state index in [2.05, 4.69) is 0 Å². The molecule has 0 bridgehead atoms. The predicted molar refractivity (Wildman–Crippen MR) is 44.2 cm³/mol. The first-order chi connectivity index (χ1) is 5.24. The topological polar surface area (TPSA) is 83.5 Å². The first-order valence-electron chi connectivity index (χ1n) is 3.44. The SMILES string of the molecule is CC(C)C(NS(C)(=O)=O)C(=O)O. The lowest BCUT2D eigenvalue weighted by molar-refractivity contribution is -0.140. The Hall–Kier alpha value is -0.620. The molecule has 72 valence electrons. The van der Waals surface area contributed by atoms with E-state index in [0.29, 0.717) is 0 Å². The molecule has 0 heterocycles. The lowest BCUT2D eigenvalue weighted by Gasteiger charge is -2.15. The summed E-state index contributed by atoms with van der Waals surface area (Å²) in [4.78, 5) is 10.5. The Morgan fingerprint density at radius 2 is 1.83 bits per heavy atom. The first-order valence-corrected chi connectivity index (χ1v) is 5.33. The van der Waals surface area contributed by atoms with Crippen LogP contribution in [0.15, 0.2) is 0 Å². The fourth-order valence-corrected chi connectivity index (χ4v) is 1.54. The molecule has 0 aliphatic heterocycles. The molecular formula is C6H13NO4S. The van der Waals surface area contributed by atoms with E-state index < -0.39 is 22.0 Å². The van der Waals surface area contributed by atoms with Crippen molar-refractivity contribution in [3.8, 4) is 0 Å². The van der Waals surface area contributed by atoms with Gasteiger partial charge in [-0.1, -0.05) is 13.8 Å². The van der Waals surface area contributed by atoms with Gasteiger partial charge in [-0.3, -0.25) is 4.79 Å². The molecule has 0 saturated carbocycles. The molecule has 0 amide bonds.